The number of carbonyl (C=O) groups excluding carboxylic acids is 2. The summed E-state index contributed by atoms with van der Waals surface area (Å²) < 4.78 is 11.6. The van der Waals surface area contributed by atoms with Gasteiger partial charge in [0.25, 0.3) is 0 Å². The number of carbonyl (C=O) groups is 2. The molecule has 0 aromatic heterocycles. The van der Waals surface area contributed by atoms with Crippen LogP contribution in [0.15, 0.2) is 48.5 Å². The van der Waals surface area contributed by atoms with Crippen LogP contribution in [-0.2, 0) is 14.3 Å². The van der Waals surface area contributed by atoms with E-state index in [9.17, 15) is 9.59 Å². The molecule has 2 aliphatic rings. The van der Waals surface area contributed by atoms with Gasteiger partial charge in [-0.15, -0.1) is 0 Å². The van der Waals surface area contributed by atoms with E-state index in [0.29, 0.717) is 18.6 Å². The molecule has 7 heteroatoms. The second kappa shape index (κ2) is 11.9. The minimum atomic E-state index is -0.356. The first kappa shape index (κ1) is 24.8. The van der Waals surface area contributed by atoms with Crippen LogP contribution in [0.25, 0.3) is 11.1 Å². The maximum absolute atomic E-state index is 12.4. The van der Waals surface area contributed by atoms with Crippen molar-refractivity contribution in [2.24, 2.45) is 11.7 Å². The molecular weight excluding hydrogens is 442 g/mol. The van der Waals surface area contributed by atoms with Gasteiger partial charge in [0, 0.05) is 5.56 Å². The van der Waals surface area contributed by atoms with Crippen molar-refractivity contribution < 1.29 is 19.1 Å². The van der Waals surface area contributed by atoms with Crippen molar-refractivity contribution in [1.82, 2.24) is 5.32 Å². The average molecular weight is 478 g/mol. The molecule has 4 rings (SSSR count). The maximum Gasteiger partial charge on any atom is 0.306 e. The molecule has 186 valence electrons. The van der Waals surface area contributed by atoms with E-state index in [4.69, 9.17) is 20.6 Å². The van der Waals surface area contributed by atoms with Crippen LogP contribution in [0.5, 0.6) is 5.75 Å². The minimum absolute atomic E-state index is 0.00133. The number of nitrogens with one attached hydrogen (secondary N) is 2. The van der Waals surface area contributed by atoms with Crippen LogP contribution in [0, 0.1) is 11.3 Å². The molecule has 1 heterocycles. The third kappa shape index (κ3) is 7.07. The Bertz CT molecular complexity index is 1010. The van der Waals surface area contributed by atoms with Crippen molar-refractivity contribution in [2.75, 3.05) is 6.61 Å². The number of amides is 1. The maximum atomic E-state index is 12.4. The minimum Gasteiger partial charge on any atom is -0.491 e. The molecule has 2 aromatic carbocycles. The zero-order valence-corrected chi connectivity index (χ0v) is 20.1. The SMILES string of the molecule is N=C(N)c1ccc(-c2ccc(OC[C@@H]3C[C@@H](CC(=O)OC4CCCCCCC4)C(=O)N3)cc2)cc1. The summed E-state index contributed by atoms with van der Waals surface area (Å²) in [6.45, 7) is 0.354. The second-order valence-electron chi connectivity index (χ2n) is 9.63. The number of hydrogen-bond donors (Lipinski definition) is 3. The molecule has 0 spiro atoms. The van der Waals surface area contributed by atoms with E-state index in [2.05, 4.69) is 5.32 Å². The lowest BCUT2D eigenvalue weighted by Gasteiger charge is -2.20. The molecule has 2 atom stereocenters. The number of rotatable bonds is 8. The number of nitrogen functional groups attached to an aromatic ring is 1. The Morgan fingerprint density at radius 2 is 1.54 bits per heavy atom. The van der Waals surface area contributed by atoms with Gasteiger partial charge in [0.1, 0.15) is 24.3 Å². The lowest BCUT2D eigenvalue weighted by atomic mass is 9.98. The monoisotopic (exact) mass is 477 g/mol. The number of esters is 1. The van der Waals surface area contributed by atoms with Gasteiger partial charge in [-0.3, -0.25) is 15.0 Å². The Balaban J connectivity index is 1.22. The van der Waals surface area contributed by atoms with E-state index in [1.165, 1.54) is 19.3 Å². The first-order chi connectivity index (χ1) is 17.0. The van der Waals surface area contributed by atoms with Crippen molar-refractivity contribution >= 4 is 17.7 Å². The zero-order valence-electron chi connectivity index (χ0n) is 20.1. The quantitative estimate of drug-likeness (QED) is 0.293. The Labute approximate surface area is 206 Å². The number of hydrogen-bond acceptors (Lipinski definition) is 5. The summed E-state index contributed by atoms with van der Waals surface area (Å²) in [5.41, 5.74) is 8.27. The van der Waals surface area contributed by atoms with Gasteiger partial charge >= 0.3 is 5.97 Å². The Morgan fingerprint density at radius 3 is 2.17 bits per heavy atom. The molecule has 4 N–H and O–H groups in total. The van der Waals surface area contributed by atoms with Crippen LogP contribution in [0.1, 0.15) is 63.4 Å². The van der Waals surface area contributed by atoms with E-state index in [0.717, 1.165) is 42.6 Å². The van der Waals surface area contributed by atoms with E-state index in [1.54, 1.807) is 0 Å². The molecule has 1 aliphatic heterocycles. The normalized spacial score (nSPS) is 21.0. The van der Waals surface area contributed by atoms with Crippen molar-refractivity contribution in [3.05, 3.63) is 54.1 Å². The molecule has 0 radical (unpaired) electrons. The summed E-state index contributed by atoms with van der Waals surface area (Å²) in [7, 11) is 0. The predicted octanol–water partition coefficient (Wildman–Crippen LogP) is 4.57. The topological polar surface area (TPSA) is 115 Å². The Morgan fingerprint density at radius 1 is 0.943 bits per heavy atom. The first-order valence-corrected chi connectivity index (χ1v) is 12.7. The highest BCUT2D eigenvalue weighted by Gasteiger charge is 2.34. The summed E-state index contributed by atoms with van der Waals surface area (Å²) >= 11 is 0. The lowest BCUT2D eigenvalue weighted by molar-refractivity contribution is -0.152. The number of nitrogens with two attached hydrogens (primary N) is 1. The van der Waals surface area contributed by atoms with Crippen molar-refractivity contribution in [3.8, 4) is 16.9 Å². The fourth-order valence-corrected chi connectivity index (χ4v) is 4.87. The standard InChI is InChI=1S/C28H35N3O4/c29-27(30)21-10-8-19(9-11-21)20-12-14-24(15-13-20)34-18-23-16-22(28(33)31-23)17-26(32)35-25-6-4-2-1-3-5-7-25/h8-15,22-23,25H,1-7,16-18H2,(H3,29,30)(H,31,33)/t22-,23-/m0/s1. The summed E-state index contributed by atoms with van der Waals surface area (Å²) in [6.07, 6.45) is 8.46. The lowest BCUT2D eigenvalue weighted by Crippen LogP contribution is -2.31. The molecule has 7 nitrogen and oxygen atoms in total. The first-order valence-electron chi connectivity index (χ1n) is 12.7. The Kier molecular flexibility index (Phi) is 8.40. The van der Waals surface area contributed by atoms with E-state index in [-0.39, 0.29) is 42.2 Å². The van der Waals surface area contributed by atoms with Gasteiger partial charge in [-0.05, 0) is 55.4 Å². The summed E-state index contributed by atoms with van der Waals surface area (Å²) in [5, 5.41) is 10.4. The smallest absolute Gasteiger partial charge is 0.306 e. The van der Waals surface area contributed by atoms with Gasteiger partial charge in [0.05, 0.1) is 18.4 Å². The molecular formula is C28H35N3O4. The van der Waals surface area contributed by atoms with Gasteiger partial charge in [-0.25, -0.2) is 0 Å². The van der Waals surface area contributed by atoms with E-state index in [1.807, 2.05) is 48.5 Å². The molecule has 2 aromatic rings. The molecule has 35 heavy (non-hydrogen) atoms. The fourth-order valence-electron chi connectivity index (χ4n) is 4.87. The summed E-state index contributed by atoms with van der Waals surface area (Å²) in [4.78, 5) is 24.8. The zero-order chi connectivity index (χ0) is 24.6. The van der Waals surface area contributed by atoms with Gasteiger partial charge in [0.2, 0.25) is 5.91 Å². The van der Waals surface area contributed by atoms with E-state index >= 15 is 0 Å². The second-order valence-corrected chi connectivity index (χ2v) is 9.63. The number of benzene rings is 2. The van der Waals surface area contributed by atoms with Crippen LogP contribution in [-0.4, -0.2) is 36.5 Å². The highest BCUT2D eigenvalue weighted by Crippen LogP contribution is 2.26. The molecule has 0 bridgehead atoms. The number of ether oxygens (including phenoxy) is 2. The van der Waals surface area contributed by atoms with Gasteiger partial charge < -0.3 is 20.5 Å². The van der Waals surface area contributed by atoms with Crippen LogP contribution < -0.4 is 15.8 Å². The summed E-state index contributed by atoms with van der Waals surface area (Å²) in [5.74, 6) is 0.0516. The number of amidine groups is 1. The molecule has 0 unspecified atom stereocenters. The van der Waals surface area contributed by atoms with Gasteiger partial charge in [0.15, 0.2) is 0 Å². The molecule has 1 saturated heterocycles. The molecule has 1 saturated carbocycles. The molecule has 1 amide bonds. The predicted molar refractivity (Wildman–Crippen MR) is 135 cm³/mol. The van der Waals surface area contributed by atoms with E-state index < -0.39 is 0 Å². The van der Waals surface area contributed by atoms with Gasteiger partial charge in [-0.2, -0.15) is 0 Å². The van der Waals surface area contributed by atoms with Crippen molar-refractivity contribution in [2.45, 2.75) is 69.9 Å². The molecule has 2 fully saturated rings. The third-order valence-electron chi connectivity index (χ3n) is 6.88. The van der Waals surface area contributed by atoms with Crippen molar-refractivity contribution in [3.63, 3.8) is 0 Å². The van der Waals surface area contributed by atoms with Gasteiger partial charge in [-0.1, -0.05) is 55.7 Å². The summed E-state index contributed by atoms with van der Waals surface area (Å²) in [6, 6.07) is 15.1. The van der Waals surface area contributed by atoms with Crippen LogP contribution in [0.2, 0.25) is 0 Å². The molecule has 1 aliphatic carbocycles. The highest BCUT2D eigenvalue weighted by molar-refractivity contribution is 5.95. The van der Waals surface area contributed by atoms with Crippen molar-refractivity contribution in [1.29, 1.82) is 5.41 Å². The Hall–Kier alpha value is -3.35. The van der Waals surface area contributed by atoms with Crippen LogP contribution in [0.4, 0.5) is 0 Å². The third-order valence-corrected chi connectivity index (χ3v) is 6.88. The fraction of sp³-hybridized carbons (Fsp3) is 0.464. The average Bonchev–Trinajstić information content (AvgIpc) is 3.18. The largest absolute Gasteiger partial charge is 0.491 e. The highest BCUT2D eigenvalue weighted by atomic mass is 16.5. The van der Waals surface area contributed by atoms with Crippen LogP contribution >= 0.6 is 0 Å². The van der Waals surface area contributed by atoms with Crippen LogP contribution in [0.3, 0.4) is 0 Å².